The summed E-state index contributed by atoms with van der Waals surface area (Å²) in [5, 5.41) is 9.37. The van der Waals surface area contributed by atoms with E-state index in [1.807, 2.05) is 0 Å². The van der Waals surface area contributed by atoms with Crippen LogP contribution >= 0.6 is 11.8 Å². The summed E-state index contributed by atoms with van der Waals surface area (Å²) in [5.74, 6) is -0.0496. The molecule has 0 aromatic heterocycles. The molecule has 106 valence electrons. The van der Waals surface area contributed by atoms with Crippen LogP contribution < -0.4 is 0 Å². The van der Waals surface area contributed by atoms with E-state index in [9.17, 15) is 14.7 Å². The number of nitrogens with zero attached hydrogens (tertiary/aromatic N) is 1. The third-order valence-electron chi connectivity index (χ3n) is 4.25. The van der Waals surface area contributed by atoms with E-state index in [1.54, 1.807) is 23.6 Å². The standard InChI is InChI=1S/C13H19NO4S/c1-13(5-2-6-18-13)12(17)14-9(11(15)16)7-19-10(14)8-3-4-8/h8-10H,2-7H2,1H3,(H,15,16). The van der Waals surface area contributed by atoms with E-state index in [-0.39, 0.29) is 11.3 Å². The van der Waals surface area contributed by atoms with E-state index < -0.39 is 17.6 Å². The van der Waals surface area contributed by atoms with Crippen molar-refractivity contribution in [3.63, 3.8) is 0 Å². The van der Waals surface area contributed by atoms with Crippen LogP contribution in [0.4, 0.5) is 0 Å². The largest absolute Gasteiger partial charge is 0.480 e. The molecule has 0 radical (unpaired) electrons. The zero-order chi connectivity index (χ0) is 13.6. The Morgan fingerprint density at radius 3 is 2.68 bits per heavy atom. The zero-order valence-electron chi connectivity index (χ0n) is 11.0. The van der Waals surface area contributed by atoms with Gasteiger partial charge in [-0.2, -0.15) is 0 Å². The minimum atomic E-state index is -0.898. The lowest BCUT2D eigenvalue weighted by molar-refractivity contribution is -0.160. The summed E-state index contributed by atoms with van der Waals surface area (Å²) in [6, 6.07) is -0.691. The number of hydrogen-bond acceptors (Lipinski definition) is 4. The first-order chi connectivity index (χ1) is 9.03. The highest BCUT2D eigenvalue weighted by Crippen LogP contribution is 2.46. The third kappa shape index (κ3) is 2.25. The first-order valence-corrected chi connectivity index (χ1v) is 7.89. The number of carboxylic acids is 1. The lowest BCUT2D eigenvalue weighted by atomic mass is 9.99. The van der Waals surface area contributed by atoms with Crippen LogP contribution in [0.15, 0.2) is 0 Å². The van der Waals surface area contributed by atoms with E-state index in [0.29, 0.717) is 24.7 Å². The highest BCUT2D eigenvalue weighted by molar-refractivity contribution is 8.00. The molecule has 0 aromatic rings. The zero-order valence-corrected chi connectivity index (χ0v) is 11.8. The minimum Gasteiger partial charge on any atom is -0.480 e. The molecule has 3 aliphatic rings. The maximum atomic E-state index is 12.8. The molecule has 1 N–H and O–H groups in total. The van der Waals surface area contributed by atoms with E-state index in [4.69, 9.17) is 4.74 Å². The average Bonchev–Trinajstić information content (AvgIpc) is 2.96. The molecule has 3 rings (SSSR count). The molecule has 0 bridgehead atoms. The van der Waals surface area contributed by atoms with Gasteiger partial charge in [-0.3, -0.25) is 4.79 Å². The monoisotopic (exact) mass is 285 g/mol. The van der Waals surface area contributed by atoms with Gasteiger partial charge in [0.25, 0.3) is 5.91 Å². The molecule has 2 saturated heterocycles. The molecule has 3 atom stereocenters. The SMILES string of the molecule is CC1(C(=O)N2C(C(=O)O)CSC2C2CC2)CCCO1. The molecule has 6 heteroatoms. The Kier molecular flexibility index (Phi) is 3.25. The third-order valence-corrected chi connectivity index (χ3v) is 5.71. The molecule has 0 aromatic carbocycles. The van der Waals surface area contributed by atoms with Gasteiger partial charge in [0.2, 0.25) is 0 Å². The fourth-order valence-corrected chi connectivity index (χ4v) is 4.57. The van der Waals surface area contributed by atoms with Gasteiger partial charge in [0.15, 0.2) is 0 Å². The van der Waals surface area contributed by atoms with Crippen LogP contribution in [-0.4, -0.2) is 51.3 Å². The summed E-state index contributed by atoms with van der Waals surface area (Å²) in [7, 11) is 0. The number of carbonyl (C=O) groups excluding carboxylic acids is 1. The van der Waals surface area contributed by atoms with Gasteiger partial charge in [-0.15, -0.1) is 11.8 Å². The number of thioether (sulfide) groups is 1. The molecule has 5 nitrogen and oxygen atoms in total. The topological polar surface area (TPSA) is 66.8 Å². The van der Waals surface area contributed by atoms with E-state index in [2.05, 4.69) is 0 Å². The summed E-state index contributed by atoms with van der Waals surface area (Å²) in [6.07, 6.45) is 3.77. The van der Waals surface area contributed by atoms with Crippen LogP contribution in [0.3, 0.4) is 0 Å². The molecular formula is C13H19NO4S. The van der Waals surface area contributed by atoms with Crippen LogP contribution in [-0.2, 0) is 14.3 Å². The van der Waals surface area contributed by atoms with Crippen LogP contribution in [0.1, 0.15) is 32.6 Å². The van der Waals surface area contributed by atoms with Gasteiger partial charge >= 0.3 is 5.97 Å². The van der Waals surface area contributed by atoms with Gasteiger partial charge in [0, 0.05) is 12.4 Å². The van der Waals surface area contributed by atoms with Gasteiger partial charge in [-0.1, -0.05) is 0 Å². The Hall–Kier alpha value is -0.750. The molecule has 1 saturated carbocycles. The normalized spacial score (nSPS) is 38.7. The lowest BCUT2D eigenvalue weighted by Gasteiger charge is -2.34. The number of carboxylic acid groups (broad SMARTS) is 1. The Balaban J connectivity index is 1.84. The molecule has 2 heterocycles. The van der Waals surface area contributed by atoms with Crippen molar-refractivity contribution in [1.29, 1.82) is 0 Å². The first-order valence-electron chi connectivity index (χ1n) is 6.84. The number of amides is 1. The van der Waals surface area contributed by atoms with E-state index in [0.717, 1.165) is 19.3 Å². The Morgan fingerprint density at radius 2 is 2.16 bits per heavy atom. The van der Waals surface area contributed by atoms with Crippen molar-refractivity contribution < 1.29 is 19.4 Å². The Morgan fingerprint density at radius 1 is 1.42 bits per heavy atom. The number of aliphatic carboxylic acids is 1. The predicted octanol–water partition coefficient (Wildman–Crippen LogP) is 1.32. The van der Waals surface area contributed by atoms with Crippen LogP contribution in [0.25, 0.3) is 0 Å². The second-order valence-corrected chi connectivity index (χ2v) is 6.96. The van der Waals surface area contributed by atoms with Crippen LogP contribution in [0.5, 0.6) is 0 Å². The number of hydrogen-bond donors (Lipinski definition) is 1. The van der Waals surface area contributed by atoms with E-state index >= 15 is 0 Å². The summed E-state index contributed by atoms with van der Waals surface area (Å²) in [4.78, 5) is 25.7. The van der Waals surface area contributed by atoms with Crippen molar-refractivity contribution in [3.8, 4) is 0 Å². The van der Waals surface area contributed by atoms with Gasteiger partial charge in [0.05, 0.1) is 5.37 Å². The molecule has 19 heavy (non-hydrogen) atoms. The summed E-state index contributed by atoms with van der Waals surface area (Å²) in [5.41, 5.74) is -0.814. The second-order valence-electron chi connectivity index (χ2n) is 5.81. The second kappa shape index (κ2) is 4.66. The van der Waals surface area contributed by atoms with Crippen molar-refractivity contribution in [2.45, 2.75) is 49.6 Å². The Bertz CT molecular complexity index is 403. The Labute approximate surface area is 116 Å². The van der Waals surface area contributed by atoms with Crippen molar-refractivity contribution in [2.24, 2.45) is 5.92 Å². The average molecular weight is 285 g/mol. The van der Waals surface area contributed by atoms with Crippen molar-refractivity contribution in [1.82, 2.24) is 4.90 Å². The minimum absolute atomic E-state index is 0.0367. The maximum absolute atomic E-state index is 12.8. The summed E-state index contributed by atoms with van der Waals surface area (Å²) < 4.78 is 5.60. The molecular weight excluding hydrogens is 266 g/mol. The summed E-state index contributed by atoms with van der Waals surface area (Å²) >= 11 is 1.61. The van der Waals surface area contributed by atoms with Crippen LogP contribution in [0, 0.1) is 5.92 Å². The van der Waals surface area contributed by atoms with Gasteiger partial charge < -0.3 is 14.7 Å². The molecule has 1 aliphatic carbocycles. The molecule has 3 fully saturated rings. The highest BCUT2D eigenvalue weighted by Gasteiger charge is 2.53. The predicted molar refractivity (Wildman–Crippen MR) is 70.8 cm³/mol. The maximum Gasteiger partial charge on any atom is 0.327 e. The smallest absolute Gasteiger partial charge is 0.327 e. The fraction of sp³-hybridized carbons (Fsp3) is 0.846. The quantitative estimate of drug-likeness (QED) is 0.847. The highest BCUT2D eigenvalue weighted by atomic mass is 32.2. The van der Waals surface area contributed by atoms with E-state index in [1.165, 1.54) is 0 Å². The van der Waals surface area contributed by atoms with Crippen molar-refractivity contribution in [2.75, 3.05) is 12.4 Å². The molecule has 0 spiro atoms. The fourth-order valence-electron chi connectivity index (χ4n) is 2.94. The van der Waals surface area contributed by atoms with Crippen molar-refractivity contribution in [3.05, 3.63) is 0 Å². The lowest BCUT2D eigenvalue weighted by Crippen LogP contribution is -2.54. The molecule has 2 aliphatic heterocycles. The van der Waals surface area contributed by atoms with Gasteiger partial charge in [-0.25, -0.2) is 4.79 Å². The number of rotatable bonds is 3. The number of carbonyl (C=O) groups is 2. The number of ether oxygens (including phenoxy) is 1. The molecule has 1 amide bonds. The van der Waals surface area contributed by atoms with Gasteiger partial charge in [-0.05, 0) is 38.5 Å². The van der Waals surface area contributed by atoms with Gasteiger partial charge in [0.1, 0.15) is 11.6 Å². The van der Waals surface area contributed by atoms with Crippen molar-refractivity contribution >= 4 is 23.6 Å². The molecule has 3 unspecified atom stereocenters. The summed E-state index contributed by atoms with van der Waals surface area (Å²) in [6.45, 7) is 2.39. The first kappa shape index (κ1) is 13.2. The van der Waals surface area contributed by atoms with Crippen LogP contribution in [0.2, 0.25) is 0 Å².